The lowest BCUT2D eigenvalue weighted by atomic mass is 9.95. The van der Waals surface area contributed by atoms with Crippen LogP contribution in [0.4, 0.5) is 0 Å². The zero-order chi connectivity index (χ0) is 12.2. The summed E-state index contributed by atoms with van der Waals surface area (Å²) in [6.45, 7) is 7.06. The zero-order valence-electron chi connectivity index (χ0n) is 10.3. The number of thiophene rings is 1. The molecule has 1 heterocycles. The Morgan fingerprint density at radius 1 is 1.56 bits per heavy atom. The van der Waals surface area contributed by atoms with Crippen molar-refractivity contribution >= 4 is 27.3 Å². The largest absolute Gasteiger partial charge is 0.374 e. The number of nitrogens with one attached hydrogen (secondary N) is 1. The molecule has 0 saturated carbocycles. The van der Waals surface area contributed by atoms with E-state index in [2.05, 4.69) is 46.5 Å². The summed E-state index contributed by atoms with van der Waals surface area (Å²) < 4.78 is 7.00. The van der Waals surface area contributed by atoms with E-state index in [1.807, 2.05) is 14.0 Å². The van der Waals surface area contributed by atoms with Gasteiger partial charge < -0.3 is 10.1 Å². The van der Waals surface area contributed by atoms with Crippen molar-refractivity contribution in [2.75, 3.05) is 13.7 Å². The molecule has 0 saturated heterocycles. The van der Waals surface area contributed by atoms with Crippen LogP contribution in [0.15, 0.2) is 15.9 Å². The third-order valence-electron chi connectivity index (χ3n) is 2.78. The summed E-state index contributed by atoms with van der Waals surface area (Å²) >= 11 is 5.36. The predicted octanol–water partition coefficient (Wildman–Crippen LogP) is 3.46. The smallest absolute Gasteiger partial charge is 0.0782 e. The highest BCUT2D eigenvalue weighted by atomic mass is 79.9. The molecule has 0 bridgehead atoms. The Labute approximate surface area is 111 Å². The molecule has 0 radical (unpaired) electrons. The van der Waals surface area contributed by atoms with Gasteiger partial charge in [-0.15, -0.1) is 11.3 Å². The van der Waals surface area contributed by atoms with E-state index >= 15 is 0 Å². The number of rotatable bonds is 6. The Bertz CT molecular complexity index is 325. The Morgan fingerprint density at radius 2 is 2.25 bits per heavy atom. The first kappa shape index (κ1) is 14.2. The third kappa shape index (κ3) is 3.55. The maximum atomic E-state index is 5.80. The summed E-state index contributed by atoms with van der Waals surface area (Å²) in [5.41, 5.74) is -0.146. The second kappa shape index (κ2) is 6.15. The van der Waals surface area contributed by atoms with Gasteiger partial charge in [0.05, 0.1) is 5.60 Å². The highest BCUT2D eigenvalue weighted by Gasteiger charge is 2.29. The number of hydrogen-bond acceptors (Lipinski definition) is 3. The Kier molecular flexibility index (Phi) is 5.44. The molecule has 1 unspecified atom stereocenters. The SMILES string of the molecule is CCOC(C)(C)C(Cc1sccc1Br)NC. The molecule has 0 fully saturated rings. The minimum Gasteiger partial charge on any atom is -0.374 e. The van der Waals surface area contributed by atoms with Gasteiger partial charge in [-0.1, -0.05) is 0 Å². The van der Waals surface area contributed by atoms with Crippen LogP contribution in [-0.2, 0) is 11.2 Å². The van der Waals surface area contributed by atoms with E-state index in [1.165, 1.54) is 9.35 Å². The van der Waals surface area contributed by atoms with Gasteiger partial charge in [0.15, 0.2) is 0 Å². The molecule has 1 aromatic heterocycles. The Balaban J connectivity index is 2.72. The zero-order valence-corrected chi connectivity index (χ0v) is 12.7. The van der Waals surface area contributed by atoms with Gasteiger partial charge in [-0.05, 0) is 55.2 Å². The molecule has 1 aromatic rings. The lowest BCUT2D eigenvalue weighted by molar-refractivity contribution is -0.0361. The molecule has 0 aromatic carbocycles. The summed E-state index contributed by atoms with van der Waals surface area (Å²) in [4.78, 5) is 1.37. The molecule has 4 heteroatoms. The van der Waals surface area contributed by atoms with Crippen molar-refractivity contribution in [3.8, 4) is 0 Å². The van der Waals surface area contributed by atoms with Crippen molar-refractivity contribution in [1.82, 2.24) is 5.32 Å². The first-order valence-corrected chi connectivity index (χ1v) is 7.21. The van der Waals surface area contributed by atoms with Gasteiger partial charge in [0.25, 0.3) is 0 Å². The van der Waals surface area contributed by atoms with E-state index in [-0.39, 0.29) is 5.60 Å². The standard InChI is InChI=1S/C12H20BrNOS/c1-5-15-12(2,3)11(14-4)8-10-9(13)6-7-16-10/h6-7,11,14H,5,8H2,1-4H3. The van der Waals surface area contributed by atoms with Gasteiger partial charge in [-0.25, -0.2) is 0 Å². The normalized spacial score (nSPS) is 14.1. The van der Waals surface area contributed by atoms with E-state index in [4.69, 9.17) is 4.74 Å². The fraction of sp³-hybridized carbons (Fsp3) is 0.667. The maximum Gasteiger partial charge on any atom is 0.0782 e. The van der Waals surface area contributed by atoms with E-state index in [0.717, 1.165) is 13.0 Å². The second-order valence-electron chi connectivity index (χ2n) is 4.27. The number of halogens is 1. The van der Waals surface area contributed by atoms with Crippen LogP contribution < -0.4 is 5.32 Å². The highest BCUT2D eigenvalue weighted by Crippen LogP contribution is 2.27. The molecule has 1 rings (SSSR count). The quantitative estimate of drug-likeness (QED) is 0.869. The minimum absolute atomic E-state index is 0.146. The van der Waals surface area contributed by atoms with Crippen LogP contribution in [-0.4, -0.2) is 25.3 Å². The van der Waals surface area contributed by atoms with Crippen molar-refractivity contribution in [1.29, 1.82) is 0 Å². The molecular weight excluding hydrogens is 286 g/mol. The number of hydrogen-bond donors (Lipinski definition) is 1. The first-order valence-electron chi connectivity index (χ1n) is 5.54. The van der Waals surface area contributed by atoms with E-state index < -0.39 is 0 Å². The van der Waals surface area contributed by atoms with Gasteiger partial charge in [0, 0.05) is 28.4 Å². The molecule has 2 nitrogen and oxygen atoms in total. The Hall–Kier alpha value is 0.1000. The topological polar surface area (TPSA) is 21.3 Å². The van der Waals surface area contributed by atoms with E-state index in [0.29, 0.717) is 6.04 Å². The molecule has 0 spiro atoms. The minimum atomic E-state index is -0.146. The summed E-state index contributed by atoms with van der Waals surface area (Å²) in [5.74, 6) is 0. The number of ether oxygens (including phenoxy) is 1. The first-order chi connectivity index (χ1) is 7.51. The summed E-state index contributed by atoms with van der Waals surface area (Å²) in [6.07, 6.45) is 0.988. The van der Waals surface area contributed by atoms with E-state index in [9.17, 15) is 0 Å². The van der Waals surface area contributed by atoms with Crippen molar-refractivity contribution in [3.63, 3.8) is 0 Å². The monoisotopic (exact) mass is 305 g/mol. The average Bonchev–Trinajstić information content (AvgIpc) is 2.60. The van der Waals surface area contributed by atoms with Crippen LogP contribution >= 0.6 is 27.3 Å². The molecular formula is C12H20BrNOS. The third-order valence-corrected chi connectivity index (χ3v) is 4.73. The van der Waals surface area contributed by atoms with E-state index in [1.54, 1.807) is 11.3 Å². The molecule has 0 amide bonds. The average molecular weight is 306 g/mol. The lowest BCUT2D eigenvalue weighted by Crippen LogP contribution is -2.48. The van der Waals surface area contributed by atoms with Gasteiger partial charge in [-0.3, -0.25) is 0 Å². The summed E-state index contributed by atoms with van der Waals surface area (Å²) in [7, 11) is 1.99. The number of likely N-dealkylation sites (N-methyl/N-ethyl adjacent to an activating group) is 1. The van der Waals surface area contributed by atoms with Crippen LogP contribution in [0.5, 0.6) is 0 Å². The van der Waals surface area contributed by atoms with Crippen LogP contribution in [0.25, 0.3) is 0 Å². The van der Waals surface area contributed by atoms with Crippen molar-refractivity contribution in [3.05, 3.63) is 20.8 Å². The molecule has 0 aliphatic heterocycles. The second-order valence-corrected chi connectivity index (χ2v) is 6.13. The van der Waals surface area contributed by atoms with Crippen molar-refractivity contribution < 1.29 is 4.74 Å². The molecule has 16 heavy (non-hydrogen) atoms. The molecule has 1 N–H and O–H groups in total. The van der Waals surface area contributed by atoms with Gasteiger partial charge in [-0.2, -0.15) is 0 Å². The summed E-state index contributed by atoms with van der Waals surface area (Å²) in [5, 5.41) is 5.46. The molecule has 1 atom stereocenters. The van der Waals surface area contributed by atoms with Crippen LogP contribution in [0, 0.1) is 0 Å². The fourth-order valence-electron chi connectivity index (χ4n) is 1.82. The van der Waals surface area contributed by atoms with Gasteiger partial charge in [0.2, 0.25) is 0 Å². The fourth-order valence-corrected chi connectivity index (χ4v) is 3.39. The predicted molar refractivity (Wildman–Crippen MR) is 74.3 cm³/mol. The highest BCUT2D eigenvalue weighted by molar-refractivity contribution is 9.10. The molecule has 0 aliphatic rings. The molecule has 92 valence electrons. The van der Waals surface area contributed by atoms with Crippen LogP contribution in [0.2, 0.25) is 0 Å². The van der Waals surface area contributed by atoms with Crippen molar-refractivity contribution in [2.45, 2.75) is 38.8 Å². The lowest BCUT2D eigenvalue weighted by Gasteiger charge is -2.34. The van der Waals surface area contributed by atoms with Gasteiger partial charge in [0.1, 0.15) is 0 Å². The Morgan fingerprint density at radius 3 is 2.69 bits per heavy atom. The summed E-state index contributed by atoms with van der Waals surface area (Å²) in [6, 6.07) is 2.42. The van der Waals surface area contributed by atoms with Crippen LogP contribution in [0.1, 0.15) is 25.6 Å². The van der Waals surface area contributed by atoms with Gasteiger partial charge >= 0.3 is 0 Å². The molecule has 0 aliphatic carbocycles. The maximum absolute atomic E-state index is 5.80. The van der Waals surface area contributed by atoms with Crippen LogP contribution in [0.3, 0.4) is 0 Å². The van der Waals surface area contributed by atoms with Crippen molar-refractivity contribution in [2.24, 2.45) is 0 Å².